The Hall–Kier alpha value is -1.60. The van der Waals surface area contributed by atoms with E-state index in [0.29, 0.717) is 11.3 Å². The van der Waals surface area contributed by atoms with Crippen LogP contribution in [0.25, 0.3) is 0 Å². The van der Waals surface area contributed by atoms with Crippen molar-refractivity contribution in [2.24, 2.45) is 10.9 Å². The van der Waals surface area contributed by atoms with Crippen molar-refractivity contribution < 1.29 is 9.94 Å². The van der Waals surface area contributed by atoms with E-state index in [9.17, 15) is 0 Å². The lowest BCUT2D eigenvalue weighted by atomic mass is 10.2. The predicted molar refractivity (Wildman–Crippen MR) is 78.7 cm³/mol. The highest BCUT2D eigenvalue weighted by Gasteiger charge is 2.11. The second kappa shape index (κ2) is 6.03. The maximum absolute atomic E-state index is 8.73. The first-order valence-corrected chi connectivity index (χ1v) is 6.76. The Labute approximate surface area is 126 Å². The maximum Gasteiger partial charge on any atom is 0.230 e. The smallest absolute Gasteiger partial charge is 0.230 e. The summed E-state index contributed by atoms with van der Waals surface area (Å²) < 4.78 is 7.35. The zero-order valence-corrected chi connectivity index (χ0v) is 12.7. The molecule has 3 N–H and O–H groups in total. The number of benzene rings is 1. The highest BCUT2D eigenvalue weighted by molar-refractivity contribution is 9.11. The van der Waals surface area contributed by atoms with E-state index in [1.807, 2.05) is 12.1 Å². The van der Waals surface area contributed by atoms with Gasteiger partial charge in [-0.25, -0.2) is 4.98 Å². The minimum atomic E-state index is -0.0589. The molecule has 7 heteroatoms. The summed E-state index contributed by atoms with van der Waals surface area (Å²) in [7, 11) is 0. The molecule has 0 aliphatic carbocycles. The van der Waals surface area contributed by atoms with E-state index >= 15 is 0 Å². The number of rotatable bonds is 3. The summed E-state index contributed by atoms with van der Waals surface area (Å²) in [6, 6.07) is 8.80. The molecular weight excluding hydrogens is 378 g/mol. The van der Waals surface area contributed by atoms with E-state index in [1.165, 1.54) is 0 Å². The van der Waals surface area contributed by atoms with Crippen molar-refractivity contribution in [2.45, 2.75) is 0 Å². The van der Waals surface area contributed by atoms with Gasteiger partial charge in [0, 0.05) is 10.7 Å². The van der Waals surface area contributed by atoms with Crippen molar-refractivity contribution in [3.05, 3.63) is 51.0 Å². The van der Waals surface area contributed by atoms with Crippen LogP contribution in [-0.2, 0) is 0 Å². The fourth-order valence-electron chi connectivity index (χ4n) is 1.38. The first kappa shape index (κ1) is 13.8. The number of pyridine rings is 1. The summed E-state index contributed by atoms with van der Waals surface area (Å²) >= 11 is 6.75. The van der Waals surface area contributed by atoms with Crippen molar-refractivity contribution in [2.75, 3.05) is 0 Å². The van der Waals surface area contributed by atoms with E-state index in [1.54, 1.807) is 24.4 Å². The number of halogens is 2. The predicted octanol–water partition coefficient (Wildman–Crippen LogP) is 3.49. The molecule has 0 fully saturated rings. The van der Waals surface area contributed by atoms with Crippen molar-refractivity contribution in [3.63, 3.8) is 0 Å². The van der Waals surface area contributed by atoms with Gasteiger partial charge in [-0.3, -0.25) is 0 Å². The van der Waals surface area contributed by atoms with Gasteiger partial charge in [-0.05, 0) is 46.3 Å². The van der Waals surface area contributed by atoms with E-state index < -0.39 is 0 Å². The Morgan fingerprint density at radius 3 is 2.79 bits per heavy atom. The van der Waals surface area contributed by atoms with Crippen LogP contribution in [0.4, 0.5) is 0 Å². The monoisotopic (exact) mass is 385 g/mol. The summed E-state index contributed by atoms with van der Waals surface area (Å²) in [6.45, 7) is 0. The molecule has 0 radical (unpaired) electrons. The lowest BCUT2D eigenvalue weighted by Gasteiger charge is -2.10. The highest BCUT2D eigenvalue weighted by Crippen LogP contribution is 2.32. The number of hydrogen-bond acceptors (Lipinski definition) is 4. The molecule has 1 heterocycles. The fraction of sp³-hybridized carbons (Fsp3) is 0. The molecule has 2 aromatic rings. The molecule has 0 aliphatic heterocycles. The maximum atomic E-state index is 8.73. The highest BCUT2D eigenvalue weighted by atomic mass is 79.9. The molecule has 19 heavy (non-hydrogen) atoms. The second-order valence-electron chi connectivity index (χ2n) is 3.52. The number of ether oxygens (including phenoxy) is 1. The minimum absolute atomic E-state index is 0.0589. The molecule has 2 rings (SSSR count). The average Bonchev–Trinajstić information content (AvgIpc) is 2.41. The standard InChI is InChI=1S/C12H9Br2N3O2/c13-7-3-4-10(9(14)6-7)19-12-8(11(15)17-18)2-1-5-16-12/h1-6,18H,(H2,15,17). The zero-order chi connectivity index (χ0) is 13.8. The van der Waals surface area contributed by atoms with Gasteiger partial charge in [0.25, 0.3) is 0 Å². The number of oxime groups is 1. The number of aromatic nitrogens is 1. The summed E-state index contributed by atoms with van der Waals surface area (Å²) in [5.74, 6) is 0.783. The number of nitrogens with zero attached hydrogens (tertiary/aromatic N) is 2. The van der Waals surface area contributed by atoms with Gasteiger partial charge in [0.2, 0.25) is 5.88 Å². The number of hydrogen-bond donors (Lipinski definition) is 2. The zero-order valence-electron chi connectivity index (χ0n) is 9.55. The Morgan fingerprint density at radius 1 is 1.32 bits per heavy atom. The number of amidine groups is 1. The Morgan fingerprint density at radius 2 is 2.11 bits per heavy atom. The van der Waals surface area contributed by atoms with Gasteiger partial charge < -0.3 is 15.7 Å². The third kappa shape index (κ3) is 3.24. The fourth-order valence-corrected chi connectivity index (χ4v) is 2.51. The molecule has 0 unspecified atom stereocenters. The van der Waals surface area contributed by atoms with Crippen molar-refractivity contribution in [1.29, 1.82) is 0 Å². The molecule has 0 saturated heterocycles. The van der Waals surface area contributed by atoms with Crippen molar-refractivity contribution >= 4 is 37.7 Å². The van der Waals surface area contributed by atoms with E-state index in [0.717, 1.165) is 8.95 Å². The van der Waals surface area contributed by atoms with Crippen LogP contribution in [0.3, 0.4) is 0 Å². The van der Waals surface area contributed by atoms with Gasteiger partial charge in [0.1, 0.15) is 5.75 Å². The first-order valence-electron chi connectivity index (χ1n) is 5.17. The largest absolute Gasteiger partial charge is 0.437 e. The summed E-state index contributed by atoms with van der Waals surface area (Å²) in [4.78, 5) is 4.08. The lowest BCUT2D eigenvalue weighted by molar-refractivity contribution is 0.318. The van der Waals surface area contributed by atoms with Crippen LogP contribution in [0, 0.1) is 0 Å². The molecule has 1 aromatic carbocycles. The van der Waals surface area contributed by atoms with E-state index in [2.05, 4.69) is 42.0 Å². The van der Waals surface area contributed by atoms with E-state index in [4.69, 9.17) is 15.7 Å². The van der Waals surface area contributed by atoms with Crippen LogP contribution in [0.5, 0.6) is 11.6 Å². The Balaban J connectivity index is 2.38. The van der Waals surface area contributed by atoms with Gasteiger partial charge in [0.05, 0.1) is 10.0 Å². The molecule has 0 saturated carbocycles. The third-order valence-electron chi connectivity index (χ3n) is 2.26. The van der Waals surface area contributed by atoms with Gasteiger partial charge in [-0.2, -0.15) is 0 Å². The van der Waals surface area contributed by atoms with Crippen LogP contribution >= 0.6 is 31.9 Å². The Bertz CT molecular complexity index is 632. The normalized spacial score (nSPS) is 11.4. The minimum Gasteiger partial charge on any atom is -0.437 e. The molecule has 5 nitrogen and oxygen atoms in total. The van der Waals surface area contributed by atoms with Crippen LogP contribution in [0.15, 0.2) is 50.6 Å². The summed E-state index contributed by atoms with van der Waals surface area (Å²) in [5, 5.41) is 11.7. The molecule has 0 bridgehead atoms. The molecule has 1 aromatic heterocycles. The van der Waals surface area contributed by atoms with Gasteiger partial charge in [0.15, 0.2) is 5.84 Å². The summed E-state index contributed by atoms with van der Waals surface area (Å²) in [5.41, 5.74) is 5.99. The van der Waals surface area contributed by atoms with Crippen LogP contribution in [-0.4, -0.2) is 16.0 Å². The number of nitrogens with two attached hydrogens (primary N) is 1. The third-order valence-corrected chi connectivity index (χ3v) is 3.37. The lowest BCUT2D eigenvalue weighted by Crippen LogP contribution is -2.14. The summed E-state index contributed by atoms with van der Waals surface area (Å²) in [6.07, 6.45) is 1.57. The molecule has 0 amide bonds. The van der Waals surface area contributed by atoms with Crippen molar-refractivity contribution in [1.82, 2.24) is 4.98 Å². The van der Waals surface area contributed by atoms with Crippen LogP contribution in [0.2, 0.25) is 0 Å². The molecular formula is C12H9Br2N3O2. The van der Waals surface area contributed by atoms with Crippen molar-refractivity contribution in [3.8, 4) is 11.6 Å². The van der Waals surface area contributed by atoms with Gasteiger partial charge in [-0.15, -0.1) is 0 Å². The van der Waals surface area contributed by atoms with Crippen LogP contribution in [0.1, 0.15) is 5.56 Å². The van der Waals surface area contributed by atoms with Gasteiger partial charge in [-0.1, -0.05) is 21.1 Å². The first-order chi connectivity index (χ1) is 9.11. The van der Waals surface area contributed by atoms with Crippen LogP contribution < -0.4 is 10.5 Å². The topological polar surface area (TPSA) is 80.7 Å². The molecule has 0 spiro atoms. The molecule has 0 atom stereocenters. The molecule has 0 aliphatic rings. The van der Waals surface area contributed by atoms with E-state index in [-0.39, 0.29) is 11.7 Å². The molecule has 98 valence electrons. The Kier molecular flexibility index (Phi) is 4.39. The van der Waals surface area contributed by atoms with Gasteiger partial charge >= 0.3 is 0 Å². The second-order valence-corrected chi connectivity index (χ2v) is 5.29. The quantitative estimate of drug-likeness (QED) is 0.366. The SMILES string of the molecule is NC(=NO)c1cccnc1Oc1ccc(Br)cc1Br. The average molecular weight is 387 g/mol.